The molecule has 1 saturated carbocycles. The highest BCUT2D eigenvalue weighted by Gasteiger charge is 2.24. The lowest BCUT2D eigenvalue weighted by atomic mass is 9.79. The lowest BCUT2D eigenvalue weighted by Crippen LogP contribution is -2.19. The molecule has 0 heterocycles. The van der Waals surface area contributed by atoms with Crippen LogP contribution in [0, 0.1) is 30.3 Å². The van der Waals surface area contributed by atoms with Gasteiger partial charge in [0.15, 0.2) is 23.1 Å². The zero-order valence-corrected chi connectivity index (χ0v) is 17.1. The quantitative estimate of drug-likeness (QED) is 0.442. The van der Waals surface area contributed by atoms with Crippen LogP contribution in [0.5, 0.6) is 11.5 Å². The normalized spacial score (nSPS) is 19.2. The highest BCUT2D eigenvalue weighted by atomic mass is 19.2. The first-order chi connectivity index (χ1) is 14.0. The van der Waals surface area contributed by atoms with Gasteiger partial charge in [-0.3, -0.25) is 0 Å². The second kappa shape index (κ2) is 10.0. The van der Waals surface area contributed by atoms with Crippen molar-refractivity contribution in [1.82, 2.24) is 0 Å². The smallest absolute Gasteiger partial charge is 0.200 e. The van der Waals surface area contributed by atoms with Crippen molar-refractivity contribution in [2.24, 2.45) is 5.92 Å². The Bertz CT molecular complexity index is 814. The summed E-state index contributed by atoms with van der Waals surface area (Å²) in [4.78, 5) is 0. The standard InChI is InChI=1S/C24H29F3O2/c1-3-4-13-28-21-12-10-19(14-20(21)25)18-8-6-17(7-9-18)15-29-22-11-5-16(2)23(26)24(22)27/h5,10-12,14,17-18H,3-4,6-9,13,15H2,1-2H3. The van der Waals surface area contributed by atoms with Crippen LogP contribution in [-0.4, -0.2) is 13.2 Å². The summed E-state index contributed by atoms with van der Waals surface area (Å²) in [5.74, 6) is -1.20. The van der Waals surface area contributed by atoms with E-state index in [-0.39, 0.29) is 23.0 Å². The monoisotopic (exact) mass is 406 g/mol. The maximum Gasteiger partial charge on any atom is 0.200 e. The van der Waals surface area contributed by atoms with Crippen LogP contribution in [0.4, 0.5) is 13.2 Å². The molecule has 3 rings (SSSR count). The van der Waals surface area contributed by atoms with E-state index in [1.165, 1.54) is 19.1 Å². The molecule has 0 radical (unpaired) electrons. The summed E-state index contributed by atoms with van der Waals surface area (Å²) in [6.07, 6.45) is 5.60. The molecule has 0 amide bonds. The van der Waals surface area contributed by atoms with Crippen molar-refractivity contribution >= 4 is 0 Å². The Morgan fingerprint density at radius 1 is 0.897 bits per heavy atom. The minimum absolute atomic E-state index is 0.0315. The van der Waals surface area contributed by atoms with Crippen LogP contribution in [0.3, 0.4) is 0 Å². The molecule has 2 aromatic rings. The zero-order chi connectivity index (χ0) is 20.8. The molecule has 0 N–H and O–H groups in total. The van der Waals surface area contributed by atoms with Crippen LogP contribution in [0.25, 0.3) is 0 Å². The highest BCUT2D eigenvalue weighted by Crippen LogP contribution is 2.37. The lowest BCUT2D eigenvalue weighted by Gasteiger charge is -2.29. The van der Waals surface area contributed by atoms with Gasteiger partial charge < -0.3 is 9.47 Å². The van der Waals surface area contributed by atoms with Gasteiger partial charge in [0.1, 0.15) is 0 Å². The van der Waals surface area contributed by atoms with Crippen molar-refractivity contribution < 1.29 is 22.6 Å². The van der Waals surface area contributed by atoms with Crippen LogP contribution in [0.1, 0.15) is 62.5 Å². The average molecular weight is 406 g/mol. The Morgan fingerprint density at radius 3 is 2.31 bits per heavy atom. The fraction of sp³-hybridized carbons (Fsp3) is 0.500. The molecule has 29 heavy (non-hydrogen) atoms. The molecule has 2 aromatic carbocycles. The SMILES string of the molecule is CCCCOc1ccc(C2CCC(COc3ccc(C)c(F)c3F)CC2)cc1F. The zero-order valence-electron chi connectivity index (χ0n) is 17.1. The fourth-order valence-electron chi connectivity index (χ4n) is 3.82. The van der Waals surface area contributed by atoms with E-state index < -0.39 is 11.6 Å². The van der Waals surface area contributed by atoms with Gasteiger partial charge in [0.2, 0.25) is 5.82 Å². The van der Waals surface area contributed by atoms with E-state index in [2.05, 4.69) is 6.92 Å². The van der Waals surface area contributed by atoms with Gasteiger partial charge in [-0.25, -0.2) is 8.78 Å². The molecule has 0 spiro atoms. The van der Waals surface area contributed by atoms with Gasteiger partial charge in [0.25, 0.3) is 0 Å². The molecule has 1 fully saturated rings. The summed E-state index contributed by atoms with van der Waals surface area (Å²) in [6.45, 7) is 4.49. The van der Waals surface area contributed by atoms with Gasteiger partial charge in [-0.1, -0.05) is 25.5 Å². The number of benzene rings is 2. The molecular formula is C24H29F3O2. The summed E-state index contributed by atoms with van der Waals surface area (Å²) >= 11 is 0. The maximum atomic E-state index is 14.3. The van der Waals surface area contributed by atoms with Crippen LogP contribution < -0.4 is 9.47 Å². The average Bonchev–Trinajstić information content (AvgIpc) is 2.73. The molecule has 5 heteroatoms. The third-order valence-corrected chi connectivity index (χ3v) is 5.74. The van der Waals surface area contributed by atoms with Gasteiger partial charge >= 0.3 is 0 Å². The van der Waals surface area contributed by atoms with Crippen LogP contribution in [0.2, 0.25) is 0 Å². The first-order valence-corrected chi connectivity index (χ1v) is 10.5. The summed E-state index contributed by atoms with van der Waals surface area (Å²) in [5, 5.41) is 0. The van der Waals surface area contributed by atoms with Crippen molar-refractivity contribution in [2.75, 3.05) is 13.2 Å². The molecule has 0 aliphatic heterocycles. The predicted molar refractivity (Wildman–Crippen MR) is 108 cm³/mol. The van der Waals surface area contributed by atoms with Crippen molar-refractivity contribution in [3.05, 3.63) is 58.9 Å². The Balaban J connectivity index is 1.50. The predicted octanol–water partition coefficient (Wildman–Crippen LogP) is 6.94. The maximum absolute atomic E-state index is 14.3. The second-order valence-corrected chi connectivity index (χ2v) is 7.93. The summed E-state index contributed by atoms with van der Waals surface area (Å²) < 4.78 is 52.9. The third kappa shape index (κ3) is 5.46. The Hall–Kier alpha value is -2.17. The van der Waals surface area contributed by atoms with E-state index in [1.54, 1.807) is 12.1 Å². The number of unbranched alkanes of at least 4 members (excludes halogenated alkanes) is 1. The van der Waals surface area contributed by atoms with E-state index in [9.17, 15) is 13.2 Å². The van der Waals surface area contributed by atoms with Crippen molar-refractivity contribution in [3.63, 3.8) is 0 Å². The molecule has 0 unspecified atom stereocenters. The largest absolute Gasteiger partial charge is 0.491 e. The van der Waals surface area contributed by atoms with Gasteiger partial charge in [0, 0.05) is 0 Å². The number of hydrogen-bond donors (Lipinski definition) is 0. The molecule has 1 aliphatic rings. The van der Waals surface area contributed by atoms with Crippen LogP contribution in [0.15, 0.2) is 30.3 Å². The topological polar surface area (TPSA) is 18.5 Å². The number of halogens is 3. The van der Waals surface area contributed by atoms with Crippen molar-refractivity contribution in [3.8, 4) is 11.5 Å². The molecule has 0 aromatic heterocycles. The second-order valence-electron chi connectivity index (χ2n) is 7.93. The third-order valence-electron chi connectivity index (χ3n) is 5.74. The summed E-state index contributed by atoms with van der Waals surface area (Å²) in [6, 6.07) is 8.27. The van der Waals surface area contributed by atoms with E-state index in [1.807, 2.05) is 6.07 Å². The van der Waals surface area contributed by atoms with Crippen LogP contribution in [-0.2, 0) is 0 Å². The molecule has 158 valence electrons. The van der Waals surface area contributed by atoms with E-state index >= 15 is 0 Å². The Morgan fingerprint density at radius 2 is 1.62 bits per heavy atom. The first-order valence-electron chi connectivity index (χ1n) is 10.5. The first kappa shape index (κ1) is 21.5. The van der Waals surface area contributed by atoms with Crippen molar-refractivity contribution in [1.29, 1.82) is 0 Å². The fourth-order valence-corrected chi connectivity index (χ4v) is 3.82. The van der Waals surface area contributed by atoms with E-state index in [0.29, 0.717) is 24.9 Å². The van der Waals surface area contributed by atoms with Crippen LogP contribution >= 0.6 is 0 Å². The molecular weight excluding hydrogens is 377 g/mol. The van der Waals surface area contributed by atoms with Gasteiger partial charge in [-0.15, -0.1) is 0 Å². The minimum atomic E-state index is -0.921. The summed E-state index contributed by atoms with van der Waals surface area (Å²) in [7, 11) is 0. The molecule has 1 aliphatic carbocycles. The number of aryl methyl sites for hydroxylation is 1. The van der Waals surface area contributed by atoms with Gasteiger partial charge in [0.05, 0.1) is 13.2 Å². The lowest BCUT2D eigenvalue weighted by molar-refractivity contribution is 0.192. The van der Waals surface area contributed by atoms with Crippen molar-refractivity contribution in [2.45, 2.75) is 58.3 Å². The molecule has 0 saturated heterocycles. The molecule has 0 atom stereocenters. The minimum Gasteiger partial charge on any atom is -0.491 e. The summed E-state index contributed by atoms with van der Waals surface area (Å²) in [5.41, 5.74) is 1.26. The van der Waals surface area contributed by atoms with E-state index in [4.69, 9.17) is 9.47 Å². The number of ether oxygens (including phenoxy) is 2. The van der Waals surface area contributed by atoms with Gasteiger partial charge in [-0.2, -0.15) is 4.39 Å². The Kier molecular flexibility index (Phi) is 7.45. The highest BCUT2D eigenvalue weighted by molar-refractivity contribution is 5.32. The molecule has 2 nitrogen and oxygen atoms in total. The molecule has 0 bridgehead atoms. The number of hydrogen-bond acceptors (Lipinski definition) is 2. The van der Waals surface area contributed by atoms with E-state index in [0.717, 1.165) is 44.1 Å². The Labute approximate surface area is 171 Å². The number of rotatable bonds is 8. The van der Waals surface area contributed by atoms with Gasteiger partial charge in [-0.05, 0) is 80.2 Å².